The van der Waals surface area contributed by atoms with E-state index in [4.69, 9.17) is 9.84 Å². The monoisotopic (exact) mass is 358 g/mol. The molecule has 1 saturated heterocycles. The molecular formula is C12H22O12. The summed E-state index contributed by atoms with van der Waals surface area (Å²) in [7, 11) is 0. The molecule has 0 spiro atoms. The topological polar surface area (TPSA) is 232 Å². The molecule has 0 aromatic rings. The minimum Gasteiger partial charge on any atom is -0.394 e. The standard InChI is InChI=1S/C12H22O12/c13-1-2-3(14)5(16)10(21)12(23,24-2)11(22)8(19)6(17)4(15)7(18)9(11)20/h2-10,13-23H,1H2/t2-,3+,4?,5+,6-,7-,8+,9+,10-,11?,12?/m1/s1. The maximum atomic E-state index is 10.6. The maximum Gasteiger partial charge on any atom is 0.230 e. The smallest absolute Gasteiger partial charge is 0.230 e. The first-order chi connectivity index (χ1) is 10.9. The highest BCUT2D eigenvalue weighted by atomic mass is 16.7. The van der Waals surface area contributed by atoms with E-state index in [1.54, 1.807) is 0 Å². The second-order valence-corrected chi connectivity index (χ2v) is 6.15. The molecule has 142 valence electrons. The van der Waals surface area contributed by atoms with Crippen LogP contribution in [-0.2, 0) is 4.74 Å². The zero-order valence-electron chi connectivity index (χ0n) is 12.2. The van der Waals surface area contributed by atoms with Gasteiger partial charge in [0, 0.05) is 0 Å². The molecule has 0 aromatic heterocycles. The number of aliphatic hydroxyl groups excluding tert-OH is 9. The van der Waals surface area contributed by atoms with Crippen molar-refractivity contribution in [1.82, 2.24) is 0 Å². The van der Waals surface area contributed by atoms with Crippen LogP contribution in [0.1, 0.15) is 0 Å². The molecule has 0 amide bonds. The third-order valence-corrected chi connectivity index (χ3v) is 4.79. The van der Waals surface area contributed by atoms with Crippen LogP contribution in [0, 0.1) is 0 Å². The molecule has 12 heteroatoms. The number of hydrogen-bond acceptors (Lipinski definition) is 12. The Bertz CT molecular complexity index is 443. The number of aliphatic hydroxyl groups is 11. The molecule has 9 atom stereocenters. The highest BCUT2D eigenvalue weighted by Crippen LogP contribution is 2.44. The average molecular weight is 358 g/mol. The van der Waals surface area contributed by atoms with Gasteiger partial charge in [0.25, 0.3) is 0 Å². The predicted octanol–water partition coefficient (Wildman–Crippen LogP) is -7.30. The highest BCUT2D eigenvalue weighted by Gasteiger charge is 2.73. The Kier molecular flexibility index (Phi) is 5.25. The molecule has 1 unspecified atom stereocenters. The molecule has 11 N–H and O–H groups in total. The number of hydrogen-bond donors (Lipinski definition) is 11. The molecule has 2 fully saturated rings. The fraction of sp³-hybridized carbons (Fsp3) is 1.00. The minimum absolute atomic E-state index is 0.997. The lowest BCUT2D eigenvalue weighted by atomic mass is 9.67. The maximum absolute atomic E-state index is 10.6. The number of rotatable bonds is 2. The second-order valence-electron chi connectivity index (χ2n) is 6.15. The first-order valence-electron chi connectivity index (χ1n) is 7.13. The summed E-state index contributed by atoms with van der Waals surface area (Å²) in [4.78, 5) is 0. The van der Waals surface area contributed by atoms with Gasteiger partial charge in [-0.2, -0.15) is 0 Å². The third-order valence-electron chi connectivity index (χ3n) is 4.79. The molecule has 1 heterocycles. The Morgan fingerprint density at radius 3 is 1.46 bits per heavy atom. The fourth-order valence-electron chi connectivity index (χ4n) is 3.18. The van der Waals surface area contributed by atoms with Gasteiger partial charge in [0.1, 0.15) is 54.9 Å². The lowest BCUT2D eigenvalue weighted by Crippen LogP contribution is -2.84. The Morgan fingerprint density at radius 2 is 1.04 bits per heavy atom. The van der Waals surface area contributed by atoms with E-state index in [0.717, 1.165) is 0 Å². The fourth-order valence-corrected chi connectivity index (χ4v) is 3.18. The van der Waals surface area contributed by atoms with Gasteiger partial charge in [-0.1, -0.05) is 0 Å². The number of ether oxygens (including phenoxy) is 1. The zero-order valence-corrected chi connectivity index (χ0v) is 12.2. The normalized spacial score (nSPS) is 59.4. The van der Waals surface area contributed by atoms with Crippen LogP contribution in [-0.4, -0.2) is 129 Å². The minimum atomic E-state index is -3.43. The van der Waals surface area contributed by atoms with E-state index in [9.17, 15) is 51.1 Å². The Hall–Kier alpha value is -0.480. The van der Waals surface area contributed by atoms with E-state index in [2.05, 4.69) is 0 Å². The van der Waals surface area contributed by atoms with Crippen molar-refractivity contribution in [2.45, 2.75) is 66.3 Å². The summed E-state index contributed by atoms with van der Waals surface area (Å²) in [5.74, 6) is -3.43. The van der Waals surface area contributed by atoms with Gasteiger partial charge in [0.15, 0.2) is 5.60 Å². The summed E-state index contributed by atoms with van der Waals surface area (Å²) in [6.45, 7) is -0.997. The van der Waals surface area contributed by atoms with Crippen molar-refractivity contribution in [3.63, 3.8) is 0 Å². The van der Waals surface area contributed by atoms with Crippen LogP contribution < -0.4 is 0 Å². The Morgan fingerprint density at radius 1 is 0.625 bits per heavy atom. The average Bonchev–Trinajstić information content (AvgIpc) is 2.57. The van der Waals surface area contributed by atoms with Crippen molar-refractivity contribution >= 4 is 0 Å². The van der Waals surface area contributed by atoms with Gasteiger partial charge in [-0.15, -0.1) is 0 Å². The van der Waals surface area contributed by atoms with Crippen LogP contribution in [0.4, 0.5) is 0 Å². The van der Waals surface area contributed by atoms with Crippen LogP contribution in [0.5, 0.6) is 0 Å². The van der Waals surface area contributed by atoms with E-state index >= 15 is 0 Å². The van der Waals surface area contributed by atoms with Gasteiger partial charge in [-0.05, 0) is 0 Å². The highest BCUT2D eigenvalue weighted by molar-refractivity contribution is 5.18. The van der Waals surface area contributed by atoms with Crippen molar-refractivity contribution in [3.8, 4) is 0 Å². The summed E-state index contributed by atoms with van der Waals surface area (Å²) in [5, 5.41) is 109. The Labute approximate surface area is 135 Å². The lowest BCUT2D eigenvalue weighted by Gasteiger charge is -2.58. The molecule has 24 heavy (non-hydrogen) atoms. The van der Waals surface area contributed by atoms with Crippen LogP contribution in [0.25, 0.3) is 0 Å². The first kappa shape index (κ1) is 19.8. The van der Waals surface area contributed by atoms with Crippen LogP contribution in [0.15, 0.2) is 0 Å². The van der Waals surface area contributed by atoms with E-state index in [1.807, 2.05) is 0 Å². The summed E-state index contributed by atoms with van der Waals surface area (Å²) in [6.07, 6.45) is -20.1. The largest absolute Gasteiger partial charge is 0.394 e. The third kappa shape index (κ3) is 2.39. The van der Waals surface area contributed by atoms with E-state index in [0.29, 0.717) is 0 Å². The molecule has 2 rings (SSSR count). The summed E-state index contributed by atoms with van der Waals surface area (Å²) in [5.41, 5.74) is -3.40. The zero-order chi connectivity index (χ0) is 18.6. The van der Waals surface area contributed by atoms with Crippen LogP contribution in [0.3, 0.4) is 0 Å². The lowest BCUT2D eigenvalue weighted by molar-refractivity contribution is -0.440. The van der Waals surface area contributed by atoms with Crippen LogP contribution in [0.2, 0.25) is 0 Å². The molecule has 0 radical (unpaired) electrons. The Balaban J connectivity index is 2.52. The summed E-state index contributed by atoms with van der Waals surface area (Å²) < 4.78 is 4.80. The van der Waals surface area contributed by atoms with Gasteiger partial charge >= 0.3 is 0 Å². The molecule has 1 aliphatic heterocycles. The predicted molar refractivity (Wildman–Crippen MR) is 69.9 cm³/mol. The van der Waals surface area contributed by atoms with Gasteiger partial charge in [-0.3, -0.25) is 0 Å². The van der Waals surface area contributed by atoms with Gasteiger partial charge in [0.05, 0.1) is 6.61 Å². The molecule has 0 bridgehead atoms. The van der Waals surface area contributed by atoms with Crippen molar-refractivity contribution in [1.29, 1.82) is 0 Å². The molecule has 1 saturated carbocycles. The van der Waals surface area contributed by atoms with Crippen molar-refractivity contribution < 1.29 is 60.9 Å². The van der Waals surface area contributed by atoms with Gasteiger partial charge < -0.3 is 60.9 Å². The molecule has 2 aliphatic rings. The van der Waals surface area contributed by atoms with Crippen molar-refractivity contribution in [3.05, 3.63) is 0 Å². The first-order valence-corrected chi connectivity index (χ1v) is 7.13. The molecule has 12 nitrogen and oxygen atoms in total. The van der Waals surface area contributed by atoms with E-state index in [-0.39, 0.29) is 0 Å². The second kappa shape index (κ2) is 6.35. The van der Waals surface area contributed by atoms with E-state index < -0.39 is 72.9 Å². The molecular weight excluding hydrogens is 336 g/mol. The summed E-state index contributed by atoms with van der Waals surface area (Å²) >= 11 is 0. The van der Waals surface area contributed by atoms with Gasteiger partial charge in [0.2, 0.25) is 5.79 Å². The SMILES string of the molecule is OC[C@H]1OC(O)(C2(O)[C@@H](O)[C@H](O)C(O)[C@@H](O)[C@@H]2O)[C@H](O)[C@@H](O)[C@H]1O. The van der Waals surface area contributed by atoms with Crippen molar-refractivity contribution in [2.24, 2.45) is 0 Å². The molecule has 1 aliphatic carbocycles. The summed E-state index contributed by atoms with van der Waals surface area (Å²) in [6, 6.07) is 0. The van der Waals surface area contributed by atoms with Crippen molar-refractivity contribution in [2.75, 3.05) is 6.61 Å². The van der Waals surface area contributed by atoms with Crippen LogP contribution >= 0.6 is 0 Å². The molecule has 0 aromatic carbocycles. The van der Waals surface area contributed by atoms with E-state index in [1.165, 1.54) is 0 Å². The van der Waals surface area contributed by atoms with Gasteiger partial charge in [-0.25, -0.2) is 0 Å². The quantitative estimate of drug-likeness (QED) is 0.221.